The Labute approximate surface area is 101 Å². The summed E-state index contributed by atoms with van der Waals surface area (Å²) in [5.41, 5.74) is 0.386. The first-order chi connectivity index (χ1) is 7.41. The number of rotatable bonds is 7. The molecule has 0 saturated carbocycles. The second-order valence-electron chi connectivity index (χ2n) is 5.41. The molecule has 3 unspecified atom stereocenters. The molecule has 0 saturated heterocycles. The quantitative estimate of drug-likeness (QED) is 0.707. The molecule has 16 heavy (non-hydrogen) atoms. The molecular weight excluding hydrogens is 198 g/mol. The summed E-state index contributed by atoms with van der Waals surface area (Å²) in [6.07, 6.45) is 4.67. The van der Waals surface area contributed by atoms with E-state index in [1.807, 2.05) is 6.92 Å². The van der Waals surface area contributed by atoms with Crippen LogP contribution in [0.25, 0.3) is 0 Å². The molecule has 0 fully saturated rings. The van der Waals surface area contributed by atoms with E-state index in [1.54, 1.807) is 7.05 Å². The van der Waals surface area contributed by atoms with Gasteiger partial charge in [-0.15, -0.1) is 0 Å². The maximum absolute atomic E-state index is 11.5. The van der Waals surface area contributed by atoms with Gasteiger partial charge >= 0.3 is 0 Å². The first kappa shape index (κ1) is 15.5. The van der Waals surface area contributed by atoms with E-state index in [0.717, 1.165) is 6.42 Å². The van der Waals surface area contributed by atoms with Crippen molar-refractivity contribution in [3.63, 3.8) is 0 Å². The minimum atomic E-state index is 0.128. The first-order valence-electron chi connectivity index (χ1n) is 6.62. The van der Waals surface area contributed by atoms with E-state index in [2.05, 4.69) is 33.0 Å². The van der Waals surface area contributed by atoms with Gasteiger partial charge in [-0.25, -0.2) is 0 Å². The molecule has 0 radical (unpaired) electrons. The number of hydrogen-bond donors (Lipinski definition) is 1. The Morgan fingerprint density at radius 1 is 1.31 bits per heavy atom. The Morgan fingerprint density at radius 3 is 2.25 bits per heavy atom. The van der Waals surface area contributed by atoms with E-state index >= 15 is 0 Å². The highest BCUT2D eigenvalue weighted by molar-refractivity contribution is 5.77. The van der Waals surface area contributed by atoms with Crippen molar-refractivity contribution in [3.05, 3.63) is 0 Å². The van der Waals surface area contributed by atoms with Crippen LogP contribution in [0.2, 0.25) is 0 Å². The standard InChI is InChI=1S/C14H29NO/c1-7-9-14(5,8-2)12(4)10-11(3)13(16)15-6/h11-12H,7-10H2,1-6H3,(H,15,16). The average Bonchev–Trinajstić information content (AvgIpc) is 2.27. The Kier molecular flexibility index (Phi) is 6.70. The Hall–Kier alpha value is -0.530. The van der Waals surface area contributed by atoms with Gasteiger partial charge in [-0.2, -0.15) is 0 Å². The summed E-state index contributed by atoms with van der Waals surface area (Å²) < 4.78 is 0. The summed E-state index contributed by atoms with van der Waals surface area (Å²) in [4.78, 5) is 11.5. The van der Waals surface area contributed by atoms with Crippen molar-refractivity contribution in [3.8, 4) is 0 Å². The minimum absolute atomic E-state index is 0.128. The number of nitrogens with one attached hydrogen (secondary N) is 1. The third kappa shape index (κ3) is 4.15. The average molecular weight is 227 g/mol. The monoisotopic (exact) mass is 227 g/mol. The molecule has 3 atom stereocenters. The summed E-state index contributed by atoms with van der Waals surface area (Å²) in [7, 11) is 1.72. The molecule has 0 aromatic rings. The summed E-state index contributed by atoms with van der Waals surface area (Å²) in [5, 5.41) is 2.73. The fourth-order valence-electron chi connectivity index (χ4n) is 2.51. The van der Waals surface area contributed by atoms with Crippen LogP contribution >= 0.6 is 0 Å². The van der Waals surface area contributed by atoms with E-state index < -0.39 is 0 Å². The van der Waals surface area contributed by atoms with E-state index in [1.165, 1.54) is 19.3 Å². The van der Waals surface area contributed by atoms with Crippen LogP contribution in [0.1, 0.15) is 60.3 Å². The summed E-state index contributed by atoms with van der Waals surface area (Å²) in [5.74, 6) is 0.897. The molecule has 1 amide bonds. The second-order valence-corrected chi connectivity index (χ2v) is 5.41. The molecule has 96 valence electrons. The minimum Gasteiger partial charge on any atom is -0.359 e. The van der Waals surface area contributed by atoms with Gasteiger partial charge in [0.05, 0.1) is 0 Å². The lowest BCUT2D eigenvalue weighted by Gasteiger charge is -2.36. The molecule has 0 aliphatic carbocycles. The van der Waals surface area contributed by atoms with Crippen LogP contribution in [0.3, 0.4) is 0 Å². The summed E-state index contributed by atoms with van der Waals surface area (Å²) >= 11 is 0. The van der Waals surface area contributed by atoms with Gasteiger partial charge in [0.2, 0.25) is 5.91 Å². The molecule has 2 nitrogen and oxygen atoms in total. The third-order valence-electron chi connectivity index (χ3n) is 4.22. The molecule has 0 aliphatic rings. The molecule has 0 aromatic carbocycles. The van der Waals surface area contributed by atoms with Gasteiger partial charge in [0.1, 0.15) is 0 Å². The van der Waals surface area contributed by atoms with Gasteiger partial charge in [0.25, 0.3) is 0 Å². The summed E-state index contributed by atoms with van der Waals surface area (Å²) in [6, 6.07) is 0. The van der Waals surface area contributed by atoms with Gasteiger partial charge in [-0.05, 0) is 24.2 Å². The van der Waals surface area contributed by atoms with Crippen LogP contribution in [0.15, 0.2) is 0 Å². The highest BCUT2D eigenvalue weighted by Crippen LogP contribution is 2.39. The van der Waals surface area contributed by atoms with Crippen LogP contribution in [0, 0.1) is 17.3 Å². The topological polar surface area (TPSA) is 29.1 Å². The predicted molar refractivity (Wildman–Crippen MR) is 70.3 cm³/mol. The van der Waals surface area contributed by atoms with Gasteiger partial charge in [0.15, 0.2) is 0 Å². The van der Waals surface area contributed by atoms with Crippen LogP contribution in [0.5, 0.6) is 0 Å². The fraction of sp³-hybridized carbons (Fsp3) is 0.929. The number of carbonyl (C=O) groups is 1. The maximum atomic E-state index is 11.5. The molecule has 0 spiro atoms. The smallest absolute Gasteiger partial charge is 0.222 e. The zero-order chi connectivity index (χ0) is 12.8. The van der Waals surface area contributed by atoms with E-state index in [9.17, 15) is 4.79 Å². The molecule has 0 bridgehead atoms. The second kappa shape index (κ2) is 6.93. The zero-order valence-corrected chi connectivity index (χ0v) is 11.9. The Balaban J connectivity index is 4.41. The molecule has 1 N–H and O–H groups in total. The predicted octanol–water partition coefficient (Wildman–Crippen LogP) is 3.61. The highest BCUT2D eigenvalue weighted by atomic mass is 16.1. The Bertz CT molecular complexity index is 215. The lowest BCUT2D eigenvalue weighted by molar-refractivity contribution is -0.124. The third-order valence-corrected chi connectivity index (χ3v) is 4.22. The van der Waals surface area contributed by atoms with Crippen molar-refractivity contribution in [1.82, 2.24) is 5.32 Å². The normalized spacial score (nSPS) is 18.6. The molecule has 0 aliphatic heterocycles. The van der Waals surface area contributed by atoms with Crippen molar-refractivity contribution in [2.45, 2.75) is 60.3 Å². The lowest BCUT2D eigenvalue weighted by Crippen LogP contribution is -2.31. The highest BCUT2D eigenvalue weighted by Gasteiger charge is 2.30. The van der Waals surface area contributed by atoms with E-state index in [0.29, 0.717) is 11.3 Å². The van der Waals surface area contributed by atoms with Gasteiger partial charge in [-0.1, -0.05) is 47.5 Å². The van der Waals surface area contributed by atoms with Crippen LogP contribution in [0.4, 0.5) is 0 Å². The molecule has 2 heteroatoms. The van der Waals surface area contributed by atoms with Gasteiger partial charge < -0.3 is 5.32 Å². The SMILES string of the molecule is CCCC(C)(CC)C(C)CC(C)C(=O)NC. The molecule has 0 heterocycles. The number of hydrogen-bond acceptors (Lipinski definition) is 1. The fourth-order valence-corrected chi connectivity index (χ4v) is 2.51. The van der Waals surface area contributed by atoms with Gasteiger partial charge in [-0.3, -0.25) is 4.79 Å². The largest absolute Gasteiger partial charge is 0.359 e. The van der Waals surface area contributed by atoms with Crippen molar-refractivity contribution in [2.75, 3.05) is 7.05 Å². The summed E-state index contributed by atoms with van der Waals surface area (Å²) in [6.45, 7) is 11.2. The van der Waals surface area contributed by atoms with E-state index in [4.69, 9.17) is 0 Å². The van der Waals surface area contributed by atoms with Crippen molar-refractivity contribution in [2.24, 2.45) is 17.3 Å². The molecule has 0 aromatic heterocycles. The first-order valence-corrected chi connectivity index (χ1v) is 6.62. The van der Waals surface area contributed by atoms with Crippen molar-refractivity contribution >= 4 is 5.91 Å². The van der Waals surface area contributed by atoms with Crippen molar-refractivity contribution in [1.29, 1.82) is 0 Å². The van der Waals surface area contributed by atoms with E-state index in [-0.39, 0.29) is 11.8 Å². The van der Waals surface area contributed by atoms with Crippen LogP contribution < -0.4 is 5.32 Å². The van der Waals surface area contributed by atoms with Gasteiger partial charge in [0, 0.05) is 13.0 Å². The number of amides is 1. The van der Waals surface area contributed by atoms with Crippen LogP contribution in [-0.4, -0.2) is 13.0 Å². The van der Waals surface area contributed by atoms with Crippen molar-refractivity contribution < 1.29 is 4.79 Å². The lowest BCUT2D eigenvalue weighted by atomic mass is 9.70. The number of carbonyl (C=O) groups excluding carboxylic acids is 1. The zero-order valence-electron chi connectivity index (χ0n) is 11.9. The molecule has 0 rings (SSSR count). The molecular formula is C14H29NO. The van der Waals surface area contributed by atoms with Crippen LogP contribution in [-0.2, 0) is 4.79 Å². The Morgan fingerprint density at radius 2 is 1.88 bits per heavy atom. The maximum Gasteiger partial charge on any atom is 0.222 e.